The van der Waals surface area contributed by atoms with Gasteiger partial charge in [0.2, 0.25) is 0 Å². The lowest BCUT2D eigenvalue weighted by molar-refractivity contribution is 0.0998. The number of rotatable bonds is 4. The zero-order chi connectivity index (χ0) is 14.7. The number of aryl methyl sites for hydroxylation is 1. The number of primary amides is 1. The molecule has 0 saturated heterocycles. The molecule has 1 aromatic heterocycles. The van der Waals surface area contributed by atoms with Gasteiger partial charge in [-0.1, -0.05) is 0 Å². The molecule has 1 aliphatic rings. The molecule has 1 atom stereocenters. The molecule has 0 bridgehead atoms. The van der Waals surface area contributed by atoms with Gasteiger partial charge in [0.25, 0.3) is 5.91 Å². The van der Waals surface area contributed by atoms with Crippen LogP contribution in [0.2, 0.25) is 0 Å². The number of aromatic nitrogens is 2. The summed E-state index contributed by atoms with van der Waals surface area (Å²) in [4.78, 5) is 15.7. The summed E-state index contributed by atoms with van der Waals surface area (Å²) in [5.41, 5.74) is 12.6. The van der Waals surface area contributed by atoms with Crippen molar-refractivity contribution in [3.63, 3.8) is 0 Å². The lowest BCUT2D eigenvalue weighted by atomic mass is 9.94. The minimum absolute atomic E-state index is 0. The van der Waals surface area contributed by atoms with Crippen molar-refractivity contribution in [2.75, 3.05) is 6.54 Å². The fraction of sp³-hybridized carbons (Fsp3) is 0.615. The fourth-order valence-electron chi connectivity index (χ4n) is 2.43. The molecule has 21 heavy (non-hydrogen) atoms. The molecule has 2 heterocycles. The van der Waals surface area contributed by atoms with Gasteiger partial charge in [0.1, 0.15) is 0 Å². The molecule has 2 rings (SSSR count). The zero-order valence-corrected chi connectivity index (χ0v) is 14.7. The largest absolute Gasteiger partial charge is 0.370 e. The van der Waals surface area contributed by atoms with E-state index in [-0.39, 0.29) is 30.0 Å². The van der Waals surface area contributed by atoms with Crippen LogP contribution in [-0.4, -0.2) is 34.2 Å². The topological polar surface area (TPSA) is 111 Å². The first-order chi connectivity index (χ1) is 9.47. The molecule has 1 amide bonds. The molecule has 0 fully saturated rings. The first kappa shape index (κ1) is 17.7. The number of nitrogens with one attached hydrogen (secondary N) is 1. The highest BCUT2D eigenvalue weighted by Crippen LogP contribution is 2.22. The van der Waals surface area contributed by atoms with Crippen LogP contribution in [0, 0.1) is 5.92 Å². The normalized spacial score (nSPS) is 18.0. The summed E-state index contributed by atoms with van der Waals surface area (Å²) in [6, 6.07) is 0.271. The number of amides is 1. The van der Waals surface area contributed by atoms with Crippen molar-refractivity contribution < 1.29 is 4.79 Å². The summed E-state index contributed by atoms with van der Waals surface area (Å²) >= 11 is 0. The first-order valence-electron chi connectivity index (χ1n) is 6.88. The van der Waals surface area contributed by atoms with Crippen molar-refractivity contribution in [3.05, 3.63) is 17.5 Å². The molecule has 0 spiro atoms. The summed E-state index contributed by atoms with van der Waals surface area (Å²) < 4.78 is 1.86. The maximum Gasteiger partial charge on any atom is 0.252 e. The second-order valence-electron chi connectivity index (χ2n) is 5.48. The van der Waals surface area contributed by atoms with Crippen LogP contribution >= 0.6 is 24.0 Å². The maximum atomic E-state index is 11.3. The van der Waals surface area contributed by atoms with E-state index in [2.05, 4.69) is 15.4 Å². The van der Waals surface area contributed by atoms with Crippen molar-refractivity contribution in [1.82, 2.24) is 15.1 Å². The number of carbonyl (C=O) groups excluding carboxylic acids is 1. The van der Waals surface area contributed by atoms with E-state index in [4.69, 9.17) is 11.5 Å². The zero-order valence-electron chi connectivity index (χ0n) is 12.4. The van der Waals surface area contributed by atoms with Crippen LogP contribution in [0.25, 0.3) is 0 Å². The molecule has 0 aliphatic carbocycles. The monoisotopic (exact) mass is 406 g/mol. The first-order valence-corrected chi connectivity index (χ1v) is 6.88. The van der Waals surface area contributed by atoms with Crippen molar-refractivity contribution in [1.29, 1.82) is 0 Å². The Hall–Kier alpha value is -1.32. The van der Waals surface area contributed by atoms with Crippen molar-refractivity contribution in [3.8, 4) is 0 Å². The quantitative estimate of drug-likeness (QED) is 0.384. The van der Waals surface area contributed by atoms with E-state index < -0.39 is 5.91 Å². The van der Waals surface area contributed by atoms with E-state index >= 15 is 0 Å². The molecular weight excluding hydrogens is 383 g/mol. The number of aliphatic imine (C=N–C) groups is 1. The molecule has 0 radical (unpaired) electrons. The number of hydrogen-bond acceptors (Lipinski definition) is 3. The van der Waals surface area contributed by atoms with E-state index in [1.807, 2.05) is 18.5 Å². The molecule has 5 N–H and O–H groups in total. The predicted molar refractivity (Wildman–Crippen MR) is 92.7 cm³/mol. The third kappa shape index (κ3) is 4.58. The van der Waals surface area contributed by atoms with Gasteiger partial charge >= 0.3 is 0 Å². The highest BCUT2D eigenvalue weighted by molar-refractivity contribution is 14.0. The van der Waals surface area contributed by atoms with Crippen LogP contribution in [0.3, 0.4) is 0 Å². The molecule has 1 aromatic rings. The Morgan fingerprint density at radius 3 is 2.90 bits per heavy atom. The minimum Gasteiger partial charge on any atom is -0.370 e. The number of guanidine groups is 1. The molecule has 7 nitrogen and oxygen atoms in total. The summed E-state index contributed by atoms with van der Waals surface area (Å²) in [6.45, 7) is 5.47. The summed E-state index contributed by atoms with van der Waals surface area (Å²) in [7, 11) is 0. The van der Waals surface area contributed by atoms with E-state index in [1.54, 1.807) is 6.20 Å². The summed E-state index contributed by atoms with van der Waals surface area (Å²) in [5.74, 6) is 0.412. The molecule has 0 saturated carbocycles. The fourth-order valence-corrected chi connectivity index (χ4v) is 2.43. The van der Waals surface area contributed by atoms with Crippen LogP contribution in [0.4, 0.5) is 0 Å². The number of fused-ring (bicyclic) bond motifs is 1. The van der Waals surface area contributed by atoms with Gasteiger partial charge in [0, 0.05) is 19.1 Å². The minimum atomic E-state index is -0.420. The Morgan fingerprint density at radius 2 is 2.29 bits per heavy atom. The highest BCUT2D eigenvalue weighted by Gasteiger charge is 2.24. The van der Waals surface area contributed by atoms with Crippen molar-refractivity contribution in [2.45, 2.75) is 39.3 Å². The number of halogens is 1. The van der Waals surface area contributed by atoms with E-state index in [9.17, 15) is 4.79 Å². The third-order valence-corrected chi connectivity index (χ3v) is 3.40. The Labute approximate surface area is 141 Å². The Kier molecular flexibility index (Phi) is 6.43. The van der Waals surface area contributed by atoms with Gasteiger partial charge in [-0.2, -0.15) is 5.10 Å². The SMILES string of the molecule is CC(C)NC(N)=NCC1CCn2ncc(C(N)=O)c2C1.I. The van der Waals surface area contributed by atoms with Gasteiger partial charge in [-0.3, -0.25) is 14.5 Å². The van der Waals surface area contributed by atoms with Gasteiger partial charge in [-0.25, -0.2) is 0 Å². The molecule has 0 aromatic carbocycles. The predicted octanol–water partition coefficient (Wildman–Crippen LogP) is 0.475. The maximum absolute atomic E-state index is 11.3. The average molecular weight is 406 g/mol. The molecule has 8 heteroatoms. The van der Waals surface area contributed by atoms with Crippen molar-refractivity contribution >= 4 is 35.8 Å². The second kappa shape index (κ2) is 7.62. The summed E-state index contributed by atoms with van der Waals surface area (Å²) in [5, 5.41) is 7.25. The molecule has 1 aliphatic heterocycles. The van der Waals surface area contributed by atoms with E-state index in [0.29, 0.717) is 24.0 Å². The second-order valence-corrected chi connectivity index (χ2v) is 5.48. The highest BCUT2D eigenvalue weighted by atomic mass is 127. The molecule has 1 unspecified atom stereocenters. The number of hydrogen-bond donors (Lipinski definition) is 3. The number of nitrogens with two attached hydrogens (primary N) is 2. The number of nitrogens with zero attached hydrogens (tertiary/aromatic N) is 3. The van der Waals surface area contributed by atoms with E-state index in [0.717, 1.165) is 25.1 Å². The van der Waals surface area contributed by atoms with Gasteiger partial charge < -0.3 is 16.8 Å². The van der Waals surface area contributed by atoms with Crippen molar-refractivity contribution in [2.24, 2.45) is 22.4 Å². The van der Waals surface area contributed by atoms with Crippen LogP contribution in [0.5, 0.6) is 0 Å². The Balaban J connectivity index is 0.00000220. The van der Waals surface area contributed by atoms with Gasteiger partial charge in [-0.05, 0) is 32.6 Å². The van der Waals surface area contributed by atoms with E-state index in [1.165, 1.54) is 0 Å². The molecular formula is C13H23IN6O. The summed E-state index contributed by atoms with van der Waals surface area (Å²) in [6.07, 6.45) is 3.29. The van der Waals surface area contributed by atoms with Crippen LogP contribution < -0.4 is 16.8 Å². The lowest BCUT2D eigenvalue weighted by Crippen LogP contribution is -2.37. The van der Waals surface area contributed by atoms with Crippen LogP contribution in [-0.2, 0) is 13.0 Å². The molecule has 118 valence electrons. The smallest absolute Gasteiger partial charge is 0.252 e. The third-order valence-electron chi connectivity index (χ3n) is 3.40. The number of carbonyl (C=O) groups is 1. The van der Waals surface area contributed by atoms with Crippen LogP contribution in [0.15, 0.2) is 11.2 Å². The van der Waals surface area contributed by atoms with Gasteiger partial charge in [0.05, 0.1) is 17.5 Å². The van der Waals surface area contributed by atoms with Crippen LogP contribution in [0.1, 0.15) is 36.3 Å². The van der Waals surface area contributed by atoms with Gasteiger partial charge in [-0.15, -0.1) is 24.0 Å². The van der Waals surface area contributed by atoms with Gasteiger partial charge in [0.15, 0.2) is 5.96 Å². The lowest BCUT2D eigenvalue weighted by Gasteiger charge is -2.22. The Morgan fingerprint density at radius 1 is 1.57 bits per heavy atom. The Bertz CT molecular complexity index is 525. The standard InChI is InChI=1S/C13H22N6O.HI/c1-8(2)18-13(15)16-6-9-3-4-19-11(5-9)10(7-17-19)12(14)20;/h7-9H,3-6H2,1-2H3,(H2,14,20)(H3,15,16,18);1H. The average Bonchev–Trinajstić information content (AvgIpc) is 2.78.